The zero-order chi connectivity index (χ0) is 23.5. The van der Waals surface area contributed by atoms with Gasteiger partial charge in [-0.2, -0.15) is 0 Å². The topological polar surface area (TPSA) is 81.8 Å². The van der Waals surface area contributed by atoms with Crippen molar-refractivity contribution in [2.24, 2.45) is 5.92 Å². The second-order valence-electron chi connectivity index (χ2n) is 8.78. The number of hydrogen-bond donors (Lipinski definition) is 2. The molecule has 0 fully saturated rings. The van der Waals surface area contributed by atoms with E-state index >= 15 is 0 Å². The highest BCUT2D eigenvalue weighted by Crippen LogP contribution is 2.39. The maximum atomic E-state index is 13.9. The number of rotatable bonds is 7. The van der Waals surface area contributed by atoms with Crippen LogP contribution in [0.1, 0.15) is 44.0 Å². The molecule has 33 heavy (non-hydrogen) atoms. The molecule has 2 aliphatic rings. The van der Waals surface area contributed by atoms with E-state index in [-0.39, 0.29) is 30.3 Å². The Bertz CT molecular complexity index is 1070. The van der Waals surface area contributed by atoms with Crippen molar-refractivity contribution in [3.8, 4) is 0 Å². The van der Waals surface area contributed by atoms with Crippen molar-refractivity contribution >= 4 is 17.8 Å². The van der Waals surface area contributed by atoms with Crippen molar-refractivity contribution in [2.45, 2.75) is 32.9 Å². The monoisotopic (exact) mass is 446 g/mol. The summed E-state index contributed by atoms with van der Waals surface area (Å²) >= 11 is 0. The van der Waals surface area contributed by atoms with E-state index in [1.54, 1.807) is 9.80 Å². The number of carbonyl (C=O) groups excluding carboxylic acids is 3. The number of nitrogens with one attached hydrogen (secondary N) is 2. The number of hydrogen-bond acceptors (Lipinski definition) is 3. The van der Waals surface area contributed by atoms with Crippen molar-refractivity contribution in [2.75, 3.05) is 19.6 Å². The molecule has 2 heterocycles. The zero-order valence-corrected chi connectivity index (χ0v) is 19.2. The summed E-state index contributed by atoms with van der Waals surface area (Å²) in [6, 6.07) is 17.2. The molecule has 2 N–H and O–H groups in total. The lowest BCUT2D eigenvalue weighted by Crippen LogP contribution is -2.47. The lowest BCUT2D eigenvalue weighted by atomic mass is 9.95. The first-order valence-electron chi connectivity index (χ1n) is 11.4. The number of urea groups is 1. The van der Waals surface area contributed by atoms with Gasteiger partial charge in [0.05, 0.1) is 23.9 Å². The van der Waals surface area contributed by atoms with Crippen molar-refractivity contribution in [3.63, 3.8) is 0 Å². The van der Waals surface area contributed by atoms with Crippen LogP contribution in [0.2, 0.25) is 0 Å². The molecule has 0 bridgehead atoms. The van der Waals surface area contributed by atoms with E-state index in [0.717, 1.165) is 11.1 Å². The Morgan fingerprint density at radius 2 is 1.70 bits per heavy atom. The van der Waals surface area contributed by atoms with Gasteiger partial charge < -0.3 is 15.5 Å². The molecule has 0 unspecified atom stereocenters. The predicted octanol–water partition coefficient (Wildman–Crippen LogP) is 3.38. The Morgan fingerprint density at radius 3 is 2.30 bits per heavy atom. The molecule has 172 valence electrons. The summed E-state index contributed by atoms with van der Waals surface area (Å²) in [7, 11) is 0. The normalized spacial score (nSPS) is 19.0. The molecule has 2 aliphatic heterocycles. The van der Waals surface area contributed by atoms with Crippen molar-refractivity contribution in [1.29, 1.82) is 0 Å². The van der Waals surface area contributed by atoms with Crippen LogP contribution in [0.3, 0.4) is 0 Å². The van der Waals surface area contributed by atoms with Gasteiger partial charge in [-0.15, -0.1) is 0 Å². The Balaban J connectivity index is 1.74. The lowest BCUT2D eigenvalue weighted by molar-refractivity contribution is -0.136. The van der Waals surface area contributed by atoms with Gasteiger partial charge in [0.25, 0.3) is 5.91 Å². The molecule has 2 aromatic carbocycles. The van der Waals surface area contributed by atoms with E-state index in [2.05, 4.69) is 10.6 Å². The molecule has 0 aromatic heterocycles. The molecule has 0 saturated carbocycles. The fraction of sp³-hybridized carbons (Fsp3) is 0.346. The van der Waals surface area contributed by atoms with E-state index in [0.29, 0.717) is 24.4 Å². The maximum absolute atomic E-state index is 13.9. The lowest BCUT2D eigenvalue weighted by Gasteiger charge is -2.32. The number of nitrogens with zero attached hydrogens (tertiary/aromatic N) is 2. The van der Waals surface area contributed by atoms with E-state index in [9.17, 15) is 14.4 Å². The van der Waals surface area contributed by atoms with Gasteiger partial charge in [-0.25, -0.2) is 4.79 Å². The van der Waals surface area contributed by atoms with Crippen LogP contribution in [-0.4, -0.2) is 47.3 Å². The van der Waals surface area contributed by atoms with E-state index in [1.165, 1.54) is 0 Å². The van der Waals surface area contributed by atoms with Crippen LogP contribution >= 0.6 is 0 Å². The third-order valence-electron chi connectivity index (χ3n) is 6.06. The molecule has 4 rings (SSSR count). The second kappa shape index (κ2) is 9.48. The predicted molar refractivity (Wildman–Crippen MR) is 126 cm³/mol. The fourth-order valence-electron chi connectivity index (χ4n) is 4.46. The molecule has 7 nitrogen and oxygen atoms in total. The Morgan fingerprint density at radius 1 is 1.06 bits per heavy atom. The molecular weight excluding hydrogens is 416 g/mol. The molecule has 0 radical (unpaired) electrons. The summed E-state index contributed by atoms with van der Waals surface area (Å²) in [5.74, 6) is -0.168. The van der Waals surface area contributed by atoms with Crippen LogP contribution in [0, 0.1) is 5.92 Å². The SMILES string of the molecule is CCN1C(=O)N[C@H](c2ccccc2)C2=C1CN([C@H](C(=O)NCC(C)C)c1ccccc1)C2=O. The number of carbonyl (C=O) groups is 3. The Labute approximate surface area is 194 Å². The summed E-state index contributed by atoms with van der Waals surface area (Å²) in [6.45, 7) is 7.09. The summed E-state index contributed by atoms with van der Waals surface area (Å²) < 4.78 is 0. The summed E-state index contributed by atoms with van der Waals surface area (Å²) in [5.41, 5.74) is 2.77. The van der Waals surface area contributed by atoms with Crippen LogP contribution in [0.5, 0.6) is 0 Å². The average molecular weight is 447 g/mol. The van der Waals surface area contributed by atoms with Crippen LogP contribution < -0.4 is 10.6 Å². The first-order chi connectivity index (χ1) is 15.9. The highest BCUT2D eigenvalue weighted by Gasteiger charge is 2.47. The molecule has 2 aromatic rings. The van der Waals surface area contributed by atoms with Gasteiger partial charge in [0.1, 0.15) is 6.04 Å². The van der Waals surface area contributed by atoms with Crippen LogP contribution in [0.25, 0.3) is 0 Å². The van der Waals surface area contributed by atoms with Gasteiger partial charge in [0, 0.05) is 13.1 Å². The van der Waals surface area contributed by atoms with E-state index in [1.807, 2.05) is 81.4 Å². The third kappa shape index (κ3) is 4.35. The molecule has 0 saturated heterocycles. The molecule has 0 aliphatic carbocycles. The van der Waals surface area contributed by atoms with E-state index in [4.69, 9.17) is 0 Å². The molecule has 4 amide bonds. The summed E-state index contributed by atoms with van der Waals surface area (Å²) in [4.78, 5) is 43.3. The van der Waals surface area contributed by atoms with Crippen molar-refractivity contribution < 1.29 is 14.4 Å². The smallest absolute Gasteiger partial charge is 0.322 e. The minimum Gasteiger partial charge on any atom is -0.354 e. The minimum atomic E-state index is -0.784. The first kappa shape index (κ1) is 22.6. The Kier molecular flexibility index (Phi) is 6.49. The highest BCUT2D eigenvalue weighted by molar-refractivity contribution is 6.03. The largest absolute Gasteiger partial charge is 0.354 e. The van der Waals surface area contributed by atoms with Gasteiger partial charge in [-0.3, -0.25) is 14.5 Å². The molecule has 2 atom stereocenters. The fourth-order valence-corrected chi connectivity index (χ4v) is 4.46. The van der Waals surface area contributed by atoms with Crippen molar-refractivity contribution in [1.82, 2.24) is 20.4 Å². The van der Waals surface area contributed by atoms with Gasteiger partial charge in [0.15, 0.2) is 0 Å². The van der Waals surface area contributed by atoms with Crippen molar-refractivity contribution in [3.05, 3.63) is 83.1 Å². The van der Waals surface area contributed by atoms with Crippen LogP contribution in [0.15, 0.2) is 71.9 Å². The quantitative estimate of drug-likeness (QED) is 0.684. The highest BCUT2D eigenvalue weighted by atomic mass is 16.2. The average Bonchev–Trinajstić information content (AvgIpc) is 3.15. The van der Waals surface area contributed by atoms with Gasteiger partial charge in [0.2, 0.25) is 5.91 Å². The molecule has 0 spiro atoms. The summed E-state index contributed by atoms with van der Waals surface area (Å²) in [6.07, 6.45) is 0. The first-order valence-corrected chi connectivity index (χ1v) is 11.4. The van der Waals surface area contributed by atoms with Gasteiger partial charge in [-0.1, -0.05) is 74.5 Å². The van der Waals surface area contributed by atoms with Gasteiger partial charge in [-0.05, 0) is 24.0 Å². The maximum Gasteiger partial charge on any atom is 0.322 e. The van der Waals surface area contributed by atoms with Gasteiger partial charge >= 0.3 is 6.03 Å². The Hall–Kier alpha value is -3.61. The standard InChI is InChI=1S/C26H30N4O3/c1-4-29-20-16-30(23(19-13-9-6-10-14-19)24(31)27-15-17(2)3)25(32)21(20)22(28-26(29)33)18-11-7-5-8-12-18/h5-14,17,22-23H,4,15-16H2,1-3H3,(H,27,31)(H,28,33)/t22-,23+/m1/s1. The van der Waals surface area contributed by atoms with Crippen LogP contribution in [0.4, 0.5) is 4.79 Å². The minimum absolute atomic E-state index is 0.202. The van der Waals surface area contributed by atoms with Crippen LogP contribution in [-0.2, 0) is 9.59 Å². The zero-order valence-electron chi connectivity index (χ0n) is 19.2. The second-order valence-corrected chi connectivity index (χ2v) is 8.78. The van der Waals surface area contributed by atoms with E-state index < -0.39 is 12.1 Å². The molecular formula is C26H30N4O3. The number of likely N-dealkylation sites (N-methyl/N-ethyl adjacent to an activating group) is 1. The summed E-state index contributed by atoms with van der Waals surface area (Å²) in [5, 5.41) is 5.97. The molecule has 7 heteroatoms. The number of amides is 4. The third-order valence-corrected chi connectivity index (χ3v) is 6.06. The number of benzene rings is 2.